The molecular formula is C17H13NOS. The fourth-order valence-corrected chi connectivity index (χ4v) is 3.37. The molecule has 1 heterocycles. The molecule has 0 atom stereocenters. The topological polar surface area (TPSA) is 24.6 Å². The Morgan fingerprint density at radius 3 is 2.60 bits per heavy atom. The van der Waals surface area contributed by atoms with Gasteiger partial charge in [0.15, 0.2) is 5.69 Å². The second kappa shape index (κ2) is 4.66. The van der Waals surface area contributed by atoms with Gasteiger partial charge in [0.25, 0.3) is 0 Å². The Balaban J connectivity index is 2.34. The molecule has 0 bridgehead atoms. The zero-order chi connectivity index (χ0) is 14.3. The van der Waals surface area contributed by atoms with Crippen LogP contribution in [-0.4, -0.2) is 5.11 Å². The van der Waals surface area contributed by atoms with Crippen LogP contribution in [0.1, 0.15) is 11.1 Å². The van der Waals surface area contributed by atoms with Crippen LogP contribution in [0.3, 0.4) is 0 Å². The Bertz CT molecular complexity index is 855. The third-order valence-corrected chi connectivity index (χ3v) is 4.65. The lowest BCUT2D eigenvalue weighted by molar-refractivity contribution is 0.471. The molecule has 3 aromatic rings. The Labute approximate surface area is 121 Å². The number of benzene rings is 2. The molecule has 0 amide bonds. The molecule has 0 saturated heterocycles. The van der Waals surface area contributed by atoms with Crippen LogP contribution in [0.4, 0.5) is 5.69 Å². The van der Waals surface area contributed by atoms with Crippen molar-refractivity contribution in [3.63, 3.8) is 0 Å². The van der Waals surface area contributed by atoms with E-state index in [1.54, 1.807) is 17.4 Å². The molecule has 98 valence electrons. The maximum atomic E-state index is 9.91. The van der Waals surface area contributed by atoms with Gasteiger partial charge in [-0.15, -0.1) is 11.3 Å². The molecular weight excluding hydrogens is 266 g/mol. The van der Waals surface area contributed by atoms with Gasteiger partial charge in [0.05, 0.1) is 6.57 Å². The molecule has 3 heteroatoms. The minimum absolute atomic E-state index is 0.289. The lowest BCUT2D eigenvalue weighted by Crippen LogP contribution is -1.81. The number of rotatable bonds is 1. The van der Waals surface area contributed by atoms with Crippen molar-refractivity contribution in [2.75, 3.05) is 0 Å². The second-order valence-electron chi connectivity index (χ2n) is 4.90. The summed E-state index contributed by atoms with van der Waals surface area (Å²) >= 11 is 1.68. The summed E-state index contributed by atoms with van der Waals surface area (Å²) in [5.74, 6) is 0.289. The van der Waals surface area contributed by atoms with Gasteiger partial charge in [-0.1, -0.05) is 12.1 Å². The molecule has 0 aliphatic rings. The van der Waals surface area contributed by atoms with Gasteiger partial charge >= 0.3 is 0 Å². The van der Waals surface area contributed by atoms with Gasteiger partial charge in [-0.25, -0.2) is 4.85 Å². The summed E-state index contributed by atoms with van der Waals surface area (Å²) in [6, 6.07) is 9.50. The summed E-state index contributed by atoms with van der Waals surface area (Å²) in [7, 11) is 0. The maximum Gasteiger partial charge on any atom is 0.188 e. The first-order valence-corrected chi connectivity index (χ1v) is 7.17. The van der Waals surface area contributed by atoms with E-state index in [4.69, 9.17) is 6.57 Å². The maximum absolute atomic E-state index is 9.91. The van der Waals surface area contributed by atoms with Crippen molar-refractivity contribution in [1.82, 2.24) is 0 Å². The fraction of sp³-hybridized carbons (Fsp3) is 0.118. The molecule has 0 fully saturated rings. The van der Waals surface area contributed by atoms with E-state index in [9.17, 15) is 5.11 Å². The largest absolute Gasteiger partial charge is 0.508 e. The molecule has 20 heavy (non-hydrogen) atoms. The second-order valence-corrected chi connectivity index (χ2v) is 5.78. The van der Waals surface area contributed by atoms with Crippen LogP contribution in [0.2, 0.25) is 0 Å². The van der Waals surface area contributed by atoms with Crippen LogP contribution >= 0.6 is 11.3 Å². The van der Waals surface area contributed by atoms with Crippen LogP contribution < -0.4 is 0 Å². The lowest BCUT2D eigenvalue weighted by atomic mass is 10.0. The minimum Gasteiger partial charge on any atom is -0.508 e. The summed E-state index contributed by atoms with van der Waals surface area (Å²) < 4.78 is 1.16. The highest BCUT2D eigenvalue weighted by molar-refractivity contribution is 7.18. The highest BCUT2D eigenvalue weighted by Gasteiger charge is 2.11. The van der Waals surface area contributed by atoms with Crippen molar-refractivity contribution < 1.29 is 5.11 Å². The minimum atomic E-state index is 0.289. The molecule has 0 unspecified atom stereocenters. The van der Waals surface area contributed by atoms with Crippen molar-refractivity contribution in [2.45, 2.75) is 13.8 Å². The smallest absolute Gasteiger partial charge is 0.188 e. The normalized spacial score (nSPS) is 10.7. The van der Waals surface area contributed by atoms with Gasteiger partial charge in [-0.3, -0.25) is 0 Å². The fourth-order valence-electron chi connectivity index (χ4n) is 2.30. The number of fused-ring (bicyclic) bond motifs is 1. The number of aromatic hydroxyl groups is 1. The SMILES string of the molecule is [C-]#[N+]c1cc(-c2ccc(C)c(O)c2)c2scc(C)c2c1. The number of hydrogen-bond acceptors (Lipinski definition) is 2. The zero-order valence-electron chi connectivity index (χ0n) is 11.3. The number of phenolic OH excluding ortho intramolecular Hbond substituents is 1. The van der Waals surface area contributed by atoms with Gasteiger partial charge in [0.1, 0.15) is 5.75 Å². The molecule has 0 radical (unpaired) electrons. The van der Waals surface area contributed by atoms with Gasteiger partial charge in [0, 0.05) is 4.70 Å². The van der Waals surface area contributed by atoms with Crippen LogP contribution in [-0.2, 0) is 0 Å². The number of nitrogens with zero attached hydrogens (tertiary/aromatic N) is 1. The quantitative estimate of drug-likeness (QED) is 0.589. The molecule has 1 aromatic heterocycles. The predicted octanol–water partition coefficient (Wildman–Crippen LogP) is 5.44. The van der Waals surface area contributed by atoms with Gasteiger partial charge in [-0.2, -0.15) is 0 Å². The number of phenols is 1. The Hall–Kier alpha value is -2.31. The van der Waals surface area contributed by atoms with E-state index in [1.165, 1.54) is 5.56 Å². The monoisotopic (exact) mass is 279 g/mol. The first-order valence-electron chi connectivity index (χ1n) is 6.29. The molecule has 0 aliphatic carbocycles. The van der Waals surface area contributed by atoms with E-state index >= 15 is 0 Å². The average Bonchev–Trinajstić information content (AvgIpc) is 2.82. The van der Waals surface area contributed by atoms with Gasteiger partial charge in [-0.05, 0) is 65.1 Å². The van der Waals surface area contributed by atoms with Crippen LogP contribution in [0.5, 0.6) is 5.75 Å². The van der Waals surface area contributed by atoms with Crippen molar-refractivity contribution in [2.24, 2.45) is 0 Å². The molecule has 0 aliphatic heterocycles. The van der Waals surface area contributed by atoms with E-state index in [0.717, 1.165) is 26.8 Å². The van der Waals surface area contributed by atoms with Crippen molar-refractivity contribution >= 4 is 27.1 Å². The summed E-state index contributed by atoms with van der Waals surface area (Å²) in [5.41, 5.74) is 4.64. The van der Waals surface area contributed by atoms with Crippen LogP contribution in [0.15, 0.2) is 35.7 Å². The molecule has 0 saturated carbocycles. The average molecular weight is 279 g/mol. The Morgan fingerprint density at radius 2 is 1.90 bits per heavy atom. The summed E-state index contributed by atoms with van der Waals surface area (Å²) in [5, 5.41) is 13.1. The summed E-state index contributed by atoms with van der Waals surface area (Å²) in [6.07, 6.45) is 0. The van der Waals surface area contributed by atoms with E-state index in [-0.39, 0.29) is 5.75 Å². The Kier molecular flexibility index (Phi) is 2.96. The van der Waals surface area contributed by atoms with Crippen molar-refractivity contribution in [3.8, 4) is 16.9 Å². The molecule has 1 N–H and O–H groups in total. The molecule has 2 aromatic carbocycles. The molecule has 2 nitrogen and oxygen atoms in total. The zero-order valence-corrected chi connectivity index (χ0v) is 12.1. The predicted molar refractivity (Wildman–Crippen MR) is 84.7 cm³/mol. The van der Waals surface area contributed by atoms with Crippen LogP contribution in [0.25, 0.3) is 26.1 Å². The highest BCUT2D eigenvalue weighted by atomic mass is 32.1. The third kappa shape index (κ3) is 1.95. The van der Waals surface area contributed by atoms with Gasteiger partial charge in [0.2, 0.25) is 0 Å². The van der Waals surface area contributed by atoms with Crippen LogP contribution in [0, 0.1) is 20.4 Å². The first-order chi connectivity index (χ1) is 9.60. The van der Waals surface area contributed by atoms with Gasteiger partial charge < -0.3 is 5.11 Å². The van der Waals surface area contributed by atoms with Crippen molar-refractivity contribution in [3.05, 3.63) is 58.3 Å². The van der Waals surface area contributed by atoms with E-state index in [2.05, 4.69) is 17.1 Å². The summed E-state index contributed by atoms with van der Waals surface area (Å²) in [4.78, 5) is 3.56. The number of thiophene rings is 1. The van der Waals surface area contributed by atoms with E-state index < -0.39 is 0 Å². The first kappa shape index (κ1) is 12.7. The number of aryl methyl sites for hydroxylation is 2. The lowest BCUT2D eigenvalue weighted by Gasteiger charge is -2.07. The number of hydrogen-bond donors (Lipinski definition) is 1. The molecule has 0 spiro atoms. The standard InChI is InChI=1S/C17H13NOS/c1-10-4-5-12(6-16(10)19)15-8-13(18-3)7-14-11(2)9-20-17(14)15/h4-9,19H,1-2H3. The van der Waals surface area contributed by atoms with Crippen molar-refractivity contribution in [1.29, 1.82) is 0 Å². The third-order valence-electron chi connectivity index (χ3n) is 3.50. The highest BCUT2D eigenvalue weighted by Crippen LogP contribution is 2.39. The Morgan fingerprint density at radius 1 is 1.10 bits per heavy atom. The van der Waals surface area contributed by atoms with E-state index in [0.29, 0.717) is 5.69 Å². The summed E-state index contributed by atoms with van der Waals surface area (Å²) in [6.45, 7) is 11.2. The van der Waals surface area contributed by atoms with E-state index in [1.807, 2.05) is 31.2 Å². The molecule has 3 rings (SSSR count).